The van der Waals surface area contributed by atoms with Crippen LogP contribution in [-0.4, -0.2) is 37.1 Å². The Balaban J connectivity index is 2.58. The van der Waals surface area contributed by atoms with Crippen molar-refractivity contribution < 1.29 is 33.4 Å². The van der Waals surface area contributed by atoms with Gasteiger partial charge in [0.2, 0.25) is 0 Å². The van der Waals surface area contributed by atoms with Crippen LogP contribution in [0, 0.1) is 0 Å². The molecule has 0 saturated heterocycles. The summed E-state index contributed by atoms with van der Waals surface area (Å²) in [5.74, 6) is -3.29. The van der Waals surface area contributed by atoms with Gasteiger partial charge in [-0.05, 0) is 26.0 Å². The standard InChI is InChI=1S/C14H12O7/c1-3-19-11(15)7-5-9-10(14(18)21-13(9)17)6-8(7)12(16)20-4-2/h5-6H,3-4H2,1-2H3. The van der Waals surface area contributed by atoms with E-state index < -0.39 is 23.9 Å². The summed E-state index contributed by atoms with van der Waals surface area (Å²) in [7, 11) is 0. The van der Waals surface area contributed by atoms with Gasteiger partial charge in [-0.15, -0.1) is 0 Å². The van der Waals surface area contributed by atoms with Gasteiger partial charge in [0.1, 0.15) is 0 Å². The fraction of sp³-hybridized carbons (Fsp3) is 0.286. The number of ether oxygens (including phenoxy) is 3. The van der Waals surface area contributed by atoms with Crippen molar-refractivity contribution >= 4 is 23.9 Å². The van der Waals surface area contributed by atoms with Crippen LogP contribution < -0.4 is 0 Å². The fourth-order valence-electron chi connectivity index (χ4n) is 1.89. The molecule has 0 aromatic heterocycles. The van der Waals surface area contributed by atoms with E-state index >= 15 is 0 Å². The van der Waals surface area contributed by atoms with Crippen molar-refractivity contribution in [3.63, 3.8) is 0 Å². The van der Waals surface area contributed by atoms with E-state index in [4.69, 9.17) is 9.47 Å². The smallest absolute Gasteiger partial charge is 0.346 e. The highest BCUT2D eigenvalue weighted by molar-refractivity contribution is 6.17. The van der Waals surface area contributed by atoms with Gasteiger partial charge in [0.05, 0.1) is 35.5 Å². The molecule has 7 nitrogen and oxygen atoms in total. The zero-order valence-electron chi connectivity index (χ0n) is 11.4. The molecule has 2 rings (SSSR count). The summed E-state index contributed by atoms with van der Waals surface area (Å²) in [4.78, 5) is 46.8. The lowest BCUT2D eigenvalue weighted by atomic mass is 9.99. The minimum absolute atomic E-state index is 0.0731. The van der Waals surface area contributed by atoms with E-state index in [0.717, 1.165) is 12.1 Å². The van der Waals surface area contributed by atoms with E-state index in [-0.39, 0.29) is 35.5 Å². The highest BCUT2D eigenvalue weighted by Crippen LogP contribution is 2.25. The fourth-order valence-corrected chi connectivity index (χ4v) is 1.89. The number of esters is 4. The molecule has 0 aliphatic carbocycles. The van der Waals surface area contributed by atoms with Crippen LogP contribution in [0.3, 0.4) is 0 Å². The van der Waals surface area contributed by atoms with E-state index in [1.807, 2.05) is 0 Å². The number of fused-ring (bicyclic) bond motifs is 1. The van der Waals surface area contributed by atoms with Gasteiger partial charge in [0.15, 0.2) is 0 Å². The third-order valence-corrected chi connectivity index (χ3v) is 2.77. The Bertz CT molecular complexity index is 590. The molecule has 0 saturated carbocycles. The van der Waals surface area contributed by atoms with Crippen molar-refractivity contribution in [2.75, 3.05) is 13.2 Å². The Morgan fingerprint density at radius 2 is 1.29 bits per heavy atom. The monoisotopic (exact) mass is 292 g/mol. The molecule has 110 valence electrons. The summed E-state index contributed by atoms with van der Waals surface area (Å²) >= 11 is 0. The van der Waals surface area contributed by atoms with Gasteiger partial charge in [-0.3, -0.25) is 0 Å². The number of hydrogen-bond donors (Lipinski definition) is 0. The van der Waals surface area contributed by atoms with Gasteiger partial charge < -0.3 is 14.2 Å². The van der Waals surface area contributed by atoms with Crippen molar-refractivity contribution in [3.8, 4) is 0 Å². The van der Waals surface area contributed by atoms with Gasteiger partial charge in [-0.25, -0.2) is 19.2 Å². The molecular formula is C14H12O7. The number of cyclic esters (lactones) is 2. The highest BCUT2D eigenvalue weighted by Gasteiger charge is 2.34. The lowest BCUT2D eigenvalue weighted by molar-refractivity contribution is 0.0442. The zero-order valence-corrected chi connectivity index (χ0v) is 11.4. The van der Waals surface area contributed by atoms with Crippen LogP contribution in [0.1, 0.15) is 55.3 Å². The zero-order chi connectivity index (χ0) is 15.6. The predicted octanol–water partition coefficient (Wildman–Crippen LogP) is 1.35. The molecule has 21 heavy (non-hydrogen) atoms. The second-order valence-electron chi connectivity index (χ2n) is 4.06. The topological polar surface area (TPSA) is 96.0 Å². The van der Waals surface area contributed by atoms with Crippen LogP contribution in [0.15, 0.2) is 12.1 Å². The van der Waals surface area contributed by atoms with Gasteiger partial charge in [-0.1, -0.05) is 0 Å². The Labute approximate surface area is 119 Å². The Kier molecular flexibility index (Phi) is 4.02. The molecule has 0 spiro atoms. The average Bonchev–Trinajstić information content (AvgIpc) is 2.73. The summed E-state index contributed by atoms with van der Waals surface area (Å²) in [5.41, 5.74) is -0.423. The Morgan fingerprint density at radius 1 is 0.905 bits per heavy atom. The van der Waals surface area contributed by atoms with Crippen molar-refractivity contribution in [3.05, 3.63) is 34.4 Å². The van der Waals surface area contributed by atoms with Crippen molar-refractivity contribution in [1.29, 1.82) is 0 Å². The summed E-state index contributed by atoms with van der Waals surface area (Å²) < 4.78 is 14.1. The Hall–Kier alpha value is -2.70. The highest BCUT2D eigenvalue weighted by atomic mass is 16.6. The largest absolute Gasteiger partial charge is 0.462 e. The summed E-state index contributed by atoms with van der Waals surface area (Å²) in [6.07, 6.45) is 0. The van der Waals surface area contributed by atoms with Crippen molar-refractivity contribution in [1.82, 2.24) is 0 Å². The normalized spacial score (nSPS) is 12.7. The van der Waals surface area contributed by atoms with E-state index in [9.17, 15) is 19.2 Å². The SMILES string of the molecule is CCOC(=O)c1cc2c(cc1C(=O)OCC)C(=O)OC2=O. The molecule has 7 heteroatoms. The Morgan fingerprint density at radius 3 is 1.62 bits per heavy atom. The lowest BCUT2D eigenvalue weighted by Gasteiger charge is -2.09. The third-order valence-electron chi connectivity index (χ3n) is 2.77. The lowest BCUT2D eigenvalue weighted by Crippen LogP contribution is -2.15. The van der Waals surface area contributed by atoms with Crippen molar-refractivity contribution in [2.24, 2.45) is 0 Å². The molecule has 1 heterocycles. The minimum atomic E-state index is -0.865. The van der Waals surface area contributed by atoms with Gasteiger partial charge in [0.25, 0.3) is 0 Å². The molecule has 0 fully saturated rings. The molecule has 1 aliphatic heterocycles. The maximum atomic E-state index is 11.9. The first-order valence-electron chi connectivity index (χ1n) is 6.28. The van der Waals surface area contributed by atoms with Gasteiger partial charge in [0, 0.05) is 0 Å². The molecule has 0 bridgehead atoms. The first-order valence-corrected chi connectivity index (χ1v) is 6.28. The number of carbonyl (C=O) groups is 4. The first kappa shape index (κ1) is 14.7. The number of benzene rings is 1. The van der Waals surface area contributed by atoms with Crippen LogP contribution >= 0.6 is 0 Å². The summed E-state index contributed by atoms with van der Waals surface area (Å²) in [5, 5.41) is 0. The average molecular weight is 292 g/mol. The molecule has 1 aromatic rings. The molecular weight excluding hydrogens is 280 g/mol. The van der Waals surface area contributed by atoms with E-state index in [1.54, 1.807) is 13.8 Å². The van der Waals surface area contributed by atoms with Crippen molar-refractivity contribution in [2.45, 2.75) is 13.8 Å². The third kappa shape index (κ3) is 2.62. The van der Waals surface area contributed by atoms with E-state index in [0.29, 0.717) is 0 Å². The number of carbonyl (C=O) groups excluding carboxylic acids is 4. The van der Waals surface area contributed by atoms with Crippen LogP contribution in [-0.2, 0) is 14.2 Å². The molecule has 0 radical (unpaired) electrons. The molecule has 0 N–H and O–H groups in total. The summed E-state index contributed by atoms with van der Waals surface area (Å²) in [6.45, 7) is 3.41. The molecule has 0 unspecified atom stereocenters. The second kappa shape index (κ2) is 5.74. The number of hydrogen-bond acceptors (Lipinski definition) is 7. The molecule has 1 aliphatic rings. The van der Waals surface area contributed by atoms with Crippen LogP contribution in [0.2, 0.25) is 0 Å². The van der Waals surface area contributed by atoms with E-state index in [2.05, 4.69) is 4.74 Å². The first-order chi connectivity index (χ1) is 9.99. The molecule has 0 atom stereocenters. The minimum Gasteiger partial charge on any atom is -0.462 e. The number of rotatable bonds is 4. The maximum Gasteiger partial charge on any atom is 0.346 e. The predicted molar refractivity (Wildman–Crippen MR) is 68.1 cm³/mol. The molecule has 1 aromatic carbocycles. The molecule has 0 amide bonds. The second-order valence-corrected chi connectivity index (χ2v) is 4.06. The van der Waals surface area contributed by atoms with Gasteiger partial charge >= 0.3 is 23.9 Å². The van der Waals surface area contributed by atoms with Crippen LogP contribution in [0.25, 0.3) is 0 Å². The quantitative estimate of drug-likeness (QED) is 0.469. The van der Waals surface area contributed by atoms with Crippen LogP contribution in [0.4, 0.5) is 0 Å². The van der Waals surface area contributed by atoms with Gasteiger partial charge in [-0.2, -0.15) is 0 Å². The summed E-state index contributed by atoms with van der Waals surface area (Å²) in [6, 6.07) is 2.24. The van der Waals surface area contributed by atoms with E-state index in [1.165, 1.54) is 0 Å². The van der Waals surface area contributed by atoms with Crippen LogP contribution in [0.5, 0.6) is 0 Å². The maximum absolute atomic E-state index is 11.9.